The molecule has 2 aliphatic rings. The predicted molar refractivity (Wildman–Crippen MR) is 149 cm³/mol. The fourth-order valence-electron chi connectivity index (χ4n) is 5.30. The molecular weight excluding hydrogens is 483 g/mol. The van der Waals surface area contributed by atoms with Gasteiger partial charge in [-0.3, -0.25) is 4.79 Å². The van der Waals surface area contributed by atoms with E-state index in [-0.39, 0.29) is 0 Å². The fourth-order valence-corrected chi connectivity index (χ4v) is 5.30. The maximum absolute atomic E-state index is 13.4. The summed E-state index contributed by atoms with van der Waals surface area (Å²) in [6.45, 7) is 10.0. The third-order valence-electron chi connectivity index (χ3n) is 7.32. The molecule has 0 saturated carbocycles. The monoisotopic (exact) mass is 518 g/mol. The average molecular weight is 519 g/mol. The molecule has 0 N–H and O–H groups in total. The molecule has 1 amide bonds. The van der Waals surface area contributed by atoms with Gasteiger partial charge in [0, 0.05) is 55.9 Å². The SMILES string of the molecule is C=C(F)C(=O)N1CCN(c2nc(OCCN(C)C)nc3c2CCN(c2cccc4cccc(C)c24)C3)CC1. The number of fused-ring (bicyclic) bond motifs is 2. The van der Waals surface area contributed by atoms with Gasteiger partial charge in [-0.1, -0.05) is 36.9 Å². The van der Waals surface area contributed by atoms with Gasteiger partial charge in [-0.25, -0.2) is 4.39 Å². The number of hydrogen-bond donors (Lipinski definition) is 0. The van der Waals surface area contributed by atoms with E-state index in [4.69, 9.17) is 14.7 Å². The van der Waals surface area contributed by atoms with Crippen LogP contribution in [0.5, 0.6) is 6.01 Å². The summed E-state index contributed by atoms with van der Waals surface area (Å²) in [5, 5.41) is 2.50. The number of piperazine rings is 1. The van der Waals surface area contributed by atoms with Gasteiger partial charge < -0.3 is 24.3 Å². The van der Waals surface area contributed by atoms with Gasteiger partial charge >= 0.3 is 6.01 Å². The van der Waals surface area contributed by atoms with E-state index in [9.17, 15) is 9.18 Å². The maximum Gasteiger partial charge on any atom is 0.318 e. The summed E-state index contributed by atoms with van der Waals surface area (Å²) in [7, 11) is 4.00. The van der Waals surface area contributed by atoms with Crippen LogP contribution in [-0.2, 0) is 17.8 Å². The first kappa shape index (κ1) is 25.9. The summed E-state index contributed by atoms with van der Waals surface area (Å²) >= 11 is 0. The zero-order chi connectivity index (χ0) is 26.8. The van der Waals surface area contributed by atoms with Crippen LogP contribution in [0.25, 0.3) is 10.8 Å². The Balaban J connectivity index is 1.45. The second-order valence-electron chi connectivity index (χ2n) is 10.2. The number of aryl methyl sites for hydroxylation is 1. The number of carbonyl (C=O) groups excluding carboxylic acids is 1. The highest BCUT2D eigenvalue weighted by molar-refractivity contribution is 5.97. The van der Waals surface area contributed by atoms with Crippen molar-refractivity contribution < 1.29 is 13.9 Å². The van der Waals surface area contributed by atoms with Crippen LogP contribution in [0.4, 0.5) is 15.9 Å². The summed E-state index contributed by atoms with van der Waals surface area (Å²) in [5.74, 6) is -0.698. The molecule has 0 bridgehead atoms. The average Bonchev–Trinajstić information content (AvgIpc) is 2.91. The van der Waals surface area contributed by atoms with Crippen LogP contribution in [0.3, 0.4) is 0 Å². The number of nitrogens with zero attached hydrogens (tertiary/aromatic N) is 6. The van der Waals surface area contributed by atoms with Crippen molar-refractivity contribution >= 4 is 28.2 Å². The van der Waals surface area contributed by atoms with Gasteiger partial charge in [0.25, 0.3) is 5.91 Å². The molecule has 5 rings (SSSR count). The van der Waals surface area contributed by atoms with Crippen molar-refractivity contribution in [3.05, 3.63) is 65.6 Å². The number of halogens is 1. The van der Waals surface area contributed by atoms with Crippen LogP contribution in [0, 0.1) is 6.92 Å². The molecule has 0 aliphatic carbocycles. The molecule has 3 heterocycles. The minimum absolute atomic E-state index is 0.368. The van der Waals surface area contributed by atoms with Crippen molar-refractivity contribution in [3.63, 3.8) is 0 Å². The Morgan fingerprint density at radius 2 is 1.79 bits per heavy atom. The second-order valence-corrected chi connectivity index (χ2v) is 10.2. The largest absolute Gasteiger partial charge is 0.462 e. The van der Waals surface area contributed by atoms with E-state index in [1.807, 2.05) is 14.1 Å². The lowest BCUT2D eigenvalue weighted by Crippen LogP contribution is -2.49. The molecule has 200 valence electrons. The molecule has 0 unspecified atom stereocenters. The van der Waals surface area contributed by atoms with Gasteiger partial charge in [0.2, 0.25) is 0 Å². The van der Waals surface area contributed by atoms with Crippen molar-refractivity contribution in [1.29, 1.82) is 0 Å². The second kappa shape index (κ2) is 10.9. The molecule has 38 heavy (non-hydrogen) atoms. The van der Waals surface area contributed by atoms with Gasteiger partial charge in [0.15, 0.2) is 5.83 Å². The Morgan fingerprint density at radius 1 is 1.05 bits per heavy atom. The van der Waals surface area contributed by atoms with Crippen LogP contribution in [0.2, 0.25) is 0 Å². The van der Waals surface area contributed by atoms with Crippen molar-refractivity contribution in [3.8, 4) is 6.01 Å². The standard InChI is InChI=1S/C29H35FN6O2/c1-20-7-5-8-22-9-6-10-25(26(20)22)36-12-11-23-24(19-36)31-29(38-18-17-33(3)4)32-27(23)34-13-15-35(16-14-34)28(37)21(2)30/h5-10H,2,11-19H2,1,3-4H3. The lowest BCUT2D eigenvalue weighted by Gasteiger charge is -2.38. The number of amides is 1. The molecule has 9 heteroatoms. The molecule has 1 fully saturated rings. The number of aromatic nitrogens is 2. The van der Waals surface area contributed by atoms with Crippen molar-refractivity contribution in [2.45, 2.75) is 19.9 Å². The molecule has 0 radical (unpaired) electrons. The first-order valence-corrected chi connectivity index (χ1v) is 13.1. The zero-order valence-corrected chi connectivity index (χ0v) is 22.4. The lowest BCUT2D eigenvalue weighted by atomic mass is 9.99. The lowest BCUT2D eigenvalue weighted by molar-refractivity contribution is -0.128. The highest BCUT2D eigenvalue weighted by atomic mass is 19.1. The summed E-state index contributed by atoms with van der Waals surface area (Å²) in [4.78, 5) is 29.9. The van der Waals surface area contributed by atoms with Crippen LogP contribution < -0.4 is 14.5 Å². The Labute approximate surface area is 223 Å². The first-order valence-electron chi connectivity index (χ1n) is 13.1. The predicted octanol–water partition coefficient (Wildman–Crippen LogP) is 3.57. The van der Waals surface area contributed by atoms with Crippen molar-refractivity contribution in [2.24, 2.45) is 0 Å². The van der Waals surface area contributed by atoms with Gasteiger partial charge in [0.1, 0.15) is 12.4 Å². The Morgan fingerprint density at radius 3 is 2.50 bits per heavy atom. The van der Waals surface area contributed by atoms with Crippen LogP contribution >= 0.6 is 0 Å². The molecular formula is C29H35FN6O2. The van der Waals surface area contributed by atoms with Gasteiger partial charge in [-0.05, 0) is 44.5 Å². The number of carbonyl (C=O) groups is 1. The zero-order valence-electron chi connectivity index (χ0n) is 22.4. The van der Waals surface area contributed by atoms with Gasteiger partial charge in [-0.2, -0.15) is 9.97 Å². The minimum atomic E-state index is -0.918. The highest BCUT2D eigenvalue weighted by Crippen LogP contribution is 2.35. The Bertz CT molecular complexity index is 1350. The molecule has 0 atom stereocenters. The van der Waals surface area contributed by atoms with E-state index < -0.39 is 11.7 Å². The van der Waals surface area contributed by atoms with Crippen LogP contribution in [0.1, 0.15) is 16.8 Å². The van der Waals surface area contributed by atoms with E-state index in [2.05, 4.69) is 64.6 Å². The van der Waals surface area contributed by atoms with Crippen LogP contribution in [-0.4, -0.2) is 85.6 Å². The molecule has 0 spiro atoms. The third-order valence-corrected chi connectivity index (χ3v) is 7.32. The Kier molecular flexibility index (Phi) is 7.46. The van der Waals surface area contributed by atoms with E-state index in [1.54, 1.807) is 0 Å². The van der Waals surface area contributed by atoms with Crippen molar-refractivity contribution in [2.75, 3.05) is 69.8 Å². The summed E-state index contributed by atoms with van der Waals surface area (Å²) in [6.07, 6.45) is 0.797. The molecule has 2 aliphatic heterocycles. The molecule has 1 saturated heterocycles. The molecule has 8 nitrogen and oxygen atoms in total. The minimum Gasteiger partial charge on any atom is -0.462 e. The van der Waals surface area contributed by atoms with E-state index >= 15 is 0 Å². The third kappa shape index (κ3) is 5.29. The Hall–Kier alpha value is -3.72. The van der Waals surface area contributed by atoms with Gasteiger partial charge in [0.05, 0.1) is 12.2 Å². The number of rotatable bonds is 7. The normalized spacial score (nSPS) is 15.7. The summed E-state index contributed by atoms with van der Waals surface area (Å²) in [5.41, 5.74) is 4.54. The van der Waals surface area contributed by atoms with E-state index in [0.717, 1.165) is 36.6 Å². The number of ether oxygens (including phenoxy) is 1. The highest BCUT2D eigenvalue weighted by Gasteiger charge is 2.30. The van der Waals surface area contributed by atoms with Crippen molar-refractivity contribution in [1.82, 2.24) is 19.8 Å². The van der Waals surface area contributed by atoms with Crippen LogP contribution in [0.15, 0.2) is 48.8 Å². The van der Waals surface area contributed by atoms with E-state index in [1.165, 1.54) is 26.9 Å². The molecule has 3 aromatic rings. The first-order chi connectivity index (χ1) is 18.3. The summed E-state index contributed by atoms with van der Waals surface area (Å²) < 4.78 is 19.4. The smallest absolute Gasteiger partial charge is 0.318 e. The summed E-state index contributed by atoms with van der Waals surface area (Å²) in [6, 6.07) is 13.2. The maximum atomic E-state index is 13.4. The fraction of sp³-hybridized carbons (Fsp3) is 0.414. The quantitative estimate of drug-likeness (QED) is 0.443. The molecule has 2 aromatic carbocycles. The topological polar surface area (TPSA) is 65.0 Å². The van der Waals surface area contributed by atoms with Gasteiger partial charge in [-0.15, -0.1) is 0 Å². The van der Waals surface area contributed by atoms with E-state index in [0.29, 0.717) is 45.3 Å². The number of anilines is 2. The number of likely N-dealkylation sites (N-methyl/N-ethyl adjacent to an activating group) is 1. The number of hydrogen-bond acceptors (Lipinski definition) is 7. The molecule has 1 aromatic heterocycles. The number of benzene rings is 2.